The van der Waals surface area contributed by atoms with Gasteiger partial charge in [0.25, 0.3) is 0 Å². The number of hydrogen-bond acceptors (Lipinski definition) is 2. The molecule has 0 fully saturated rings. The largest absolute Gasteiger partial charge is 0.298 e. The van der Waals surface area contributed by atoms with E-state index in [-0.39, 0.29) is 11.7 Å². The van der Waals surface area contributed by atoms with Crippen LogP contribution in [0.25, 0.3) is 16.6 Å². The van der Waals surface area contributed by atoms with Crippen LogP contribution in [0.5, 0.6) is 0 Å². The number of fused-ring (bicyclic) bond motifs is 1. The van der Waals surface area contributed by atoms with Crippen LogP contribution in [0.4, 0.5) is 4.39 Å². The molecule has 22 heavy (non-hydrogen) atoms. The molecule has 0 saturated carbocycles. The maximum absolute atomic E-state index is 13.2. The number of rotatable bonds is 3. The predicted octanol–water partition coefficient (Wildman–Crippen LogP) is 4.73. The number of benzene rings is 1. The first-order chi connectivity index (χ1) is 10.5. The van der Waals surface area contributed by atoms with Crippen molar-refractivity contribution < 1.29 is 9.18 Å². The van der Waals surface area contributed by atoms with Gasteiger partial charge >= 0.3 is 0 Å². The Bertz CT molecular complexity index is 853. The Kier molecular flexibility index (Phi) is 3.71. The summed E-state index contributed by atoms with van der Waals surface area (Å²) in [6.45, 7) is 3.93. The SMILES string of the molecule is CC(C)c1nn2c(Cl)ccc2c(-c2ccc(F)cc2)c1C=O. The number of aldehydes is 1. The van der Waals surface area contributed by atoms with Crippen molar-refractivity contribution in [1.29, 1.82) is 0 Å². The molecular formula is C17H14ClFN2O. The summed E-state index contributed by atoms with van der Waals surface area (Å²) < 4.78 is 14.8. The Morgan fingerprint density at radius 3 is 2.45 bits per heavy atom. The number of nitrogens with zero attached hydrogens (tertiary/aromatic N) is 2. The van der Waals surface area contributed by atoms with Gasteiger partial charge in [-0.2, -0.15) is 5.10 Å². The normalized spacial score (nSPS) is 11.3. The number of hydrogen-bond donors (Lipinski definition) is 0. The van der Waals surface area contributed by atoms with Gasteiger partial charge in [0.05, 0.1) is 11.2 Å². The molecule has 3 rings (SSSR count). The maximum Gasteiger partial charge on any atom is 0.152 e. The molecule has 3 aromatic rings. The van der Waals surface area contributed by atoms with Gasteiger partial charge in [-0.3, -0.25) is 4.79 Å². The summed E-state index contributed by atoms with van der Waals surface area (Å²) in [6.07, 6.45) is 0.807. The zero-order chi connectivity index (χ0) is 15.9. The van der Waals surface area contributed by atoms with Crippen LogP contribution in [0, 0.1) is 5.82 Å². The molecule has 0 bridgehead atoms. The summed E-state index contributed by atoms with van der Waals surface area (Å²) >= 11 is 6.18. The summed E-state index contributed by atoms with van der Waals surface area (Å²) in [5.74, 6) is -0.263. The Balaban J connectivity index is 2.44. The van der Waals surface area contributed by atoms with E-state index in [0.717, 1.165) is 22.9 Å². The van der Waals surface area contributed by atoms with Crippen LogP contribution >= 0.6 is 11.6 Å². The van der Waals surface area contributed by atoms with Crippen molar-refractivity contribution in [2.45, 2.75) is 19.8 Å². The minimum atomic E-state index is -0.320. The number of carbonyl (C=O) groups is 1. The summed E-state index contributed by atoms with van der Waals surface area (Å²) in [5.41, 5.74) is 3.39. The van der Waals surface area contributed by atoms with Gasteiger partial charge in [0, 0.05) is 11.1 Å². The van der Waals surface area contributed by atoms with Gasteiger partial charge in [-0.15, -0.1) is 0 Å². The lowest BCUT2D eigenvalue weighted by Gasteiger charge is -2.15. The number of halogens is 2. The number of aromatic nitrogens is 2. The predicted molar refractivity (Wildman–Crippen MR) is 85.1 cm³/mol. The lowest BCUT2D eigenvalue weighted by molar-refractivity contribution is 0.112. The third-order valence-corrected chi connectivity index (χ3v) is 3.90. The smallest absolute Gasteiger partial charge is 0.152 e. The van der Waals surface area contributed by atoms with Crippen molar-refractivity contribution in [1.82, 2.24) is 9.61 Å². The highest BCUT2D eigenvalue weighted by Crippen LogP contribution is 2.33. The topological polar surface area (TPSA) is 34.4 Å². The van der Waals surface area contributed by atoms with E-state index in [4.69, 9.17) is 11.6 Å². The molecule has 3 nitrogen and oxygen atoms in total. The molecule has 0 aliphatic heterocycles. The van der Waals surface area contributed by atoms with Crippen molar-refractivity contribution >= 4 is 23.4 Å². The van der Waals surface area contributed by atoms with E-state index >= 15 is 0 Å². The molecule has 0 spiro atoms. The van der Waals surface area contributed by atoms with Crippen molar-refractivity contribution in [2.24, 2.45) is 0 Å². The monoisotopic (exact) mass is 316 g/mol. The first kappa shape index (κ1) is 14.7. The Morgan fingerprint density at radius 1 is 1.18 bits per heavy atom. The fraction of sp³-hybridized carbons (Fsp3) is 0.176. The maximum atomic E-state index is 13.2. The average molecular weight is 317 g/mol. The van der Waals surface area contributed by atoms with Crippen LogP contribution in [0.2, 0.25) is 5.15 Å². The van der Waals surface area contributed by atoms with E-state index in [0.29, 0.717) is 16.4 Å². The fourth-order valence-corrected chi connectivity index (χ4v) is 2.78. The molecule has 2 heterocycles. The second kappa shape index (κ2) is 5.54. The summed E-state index contributed by atoms with van der Waals surface area (Å²) in [6, 6.07) is 9.60. The van der Waals surface area contributed by atoms with Gasteiger partial charge in [-0.05, 0) is 35.7 Å². The van der Waals surface area contributed by atoms with Gasteiger partial charge in [-0.25, -0.2) is 8.91 Å². The van der Waals surface area contributed by atoms with Gasteiger partial charge in [0.1, 0.15) is 11.0 Å². The fourth-order valence-electron chi connectivity index (χ4n) is 2.59. The van der Waals surface area contributed by atoms with Crippen LogP contribution in [0.1, 0.15) is 35.8 Å². The molecule has 0 amide bonds. The second-order valence-electron chi connectivity index (χ2n) is 5.41. The Labute approximate surface area is 132 Å². The molecule has 1 aromatic carbocycles. The van der Waals surface area contributed by atoms with Crippen LogP contribution in [0.15, 0.2) is 36.4 Å². The summed E-state index contributed by atoms with van der Waals surface area (Å²) in [7, 11) is 0. The summed E-state index contributed by atoms with van der Waals surface area (Å²) in [4.78, 5) is 11.7. The standard InChI is InChI=1S/C17H14ClFN2O/c1-10(2)17-13(9-22)16(11-3-5-12(19)6-4-11)14-7-8-15(18)21(14)20-17/h3-10H,1-2H3. The third-order valence-electron chi connectivity index (χ3n) is 3.62. The van der Waals surface area contributed by atoms with Crippen molar-refractivity contribution in [3.05, 3.63) is 58.6 Å². The lowest BCUT2D eigenvalue weighted by atomic mass is 9.95. The first-order valence-electron chi connectivity index (χ1n) is 6.95. The molecule has 0 radical (unpaired) electrons. The highest BCUT2D eigenvalue weighted by Gasteiger charge is 2.19. The Morgan fingerprint density at radius 2 is 1.86 bits per heavy atom. The minimum absolute atomic E-state index is 0.0577. The Hall–Kier alpha value is -2.20. The van der Waals surface area contributed by atoms with Crippen LogP contribution in [-0.4, -0.2) is 15.9 Å². The highest BCUT2D eigenvalue weighted by atomic mass is 35.5. The zero-order valence-corrected chi connectivity index (χ0v) is 12.9. The molecular weight excluding hydrogens is 303 g/mol. The van der Waals surface area contributed by atoms with Gasteiger partial charge in [0.15, 0.2) is 6.29 Å². The van der Waals surface area contributed by atoms with E-state index in [1.807, 2.05) is 19.9 Å². The lowest BCUT2D eigenvalue weighted by Crippen LogP contribution is -2.08. The third kappa shape index (κ3) is 2.29. The molecule has 0 aliphatic rings. The molecule has 5 heteroatoms. The molecule has 2 aromatic heterocycles. The minimum Gasteiger partial charge on any atom is -0.298 e. The van der Waals surface area contributed by atoms with E-state index in [9.17, 15) is 9.18 Å². The van der Waals surface area contributed by atoms with Gasteiger partial charge < -0.3 is 0 Å². The highest BCUT2D eigenvalue weighted by molar-refractivity contribution is 6.30. The van der Waals surface area contributed by atoms with E-state index < -0.39 is 0 Å². The van der Waals surface area contributed by atoms with Crippen molar-refractivity contribution in [2.75, 3.05) is 0 Å². The summed E-state index contributed by atoms with van der Waals surface area (Å²) in [5, 5.41) is 4.96. The van der Waals surface area contributed by atoms with Crippen molar-refractivity contribution in [3.63, 3.8) is 0 Å². The molecule has 0 aliphatic carbocycles. The molecule has 0 N–H and O–H groups in total. The average Bonchev–Trinajstić information content (AvgIpc) is 2.87. The van der Waals surface area contributed by atoms with Crippen LogP contribution in [-0.2, 0) is 0 Å². The van der Waals surface area contributed by atoms with E-state index in [1.165, 1.54) is 12.1 Å². The molecule has 0 atom stereocenters. The molecule has 112 valence electrons. The molecule has 0 saturated heterocycles. The van der Waals surface area contributed by atoms with Gasteiger partial charge in [-0.1, -0.05) is 37.6 Å². The van der Waals surface area contributed by atoms with Crippen LogP contribution < -0.4 is 0 Å². The second-order valence-corrected chi connectivity index (χ2v) is 5.79. The van der Waals surface area contributed by atoms with E-state index in [1.54, 1.807) is 22.7 Å². The van der Waals surface area contributed by atoms with E-state index in [2.05, 4.69) is 5.10 Å². The molecule has 0 unspecified atom stereocenters. The number of carbonyl (C=O) groups excluding carboxylic acids is 1. The quantitative estimate of drug-likeness (QED) is 0.655. The van der Waals surface area contributed by atoms with Crippen LogP contribution in [0.3, 0.4) is 0 Å². The van der Waals surface area contributed by atoms with Gasteiger partial charge in [0.2, 0.25) is 0 Å². The first-order valence-corrected chi connectivity index (χ1v) is 7.33. The zero-order valence-electron chi connectivity index (χ0n) is 12.2. The van der Waals surface area contributed by atoms with Crippen molar-refractivity contribution in [3.8, 4) is 11.1 Å².